The zero-order valence-electron chi connectivity index (χ0n) is 13.5. The van der Waals surface area contributed by atoms with Crippen molar-refractivity contribution < 1.29 is 4.79 Å². The van der Waals surface area contributed by atoms with Gasteiger partial charge in [0.2, 0.25) is 5.91 Å². The van der Waals surface area contributed by atoms with Crippen LogP contribution < -0.4 is 5.32 Å². The Hall–Kier alpha value is -3.16. The third-order valence-electron chi connectivity index (χ3n) is 4.24. The molecule has 3 aromatic heterocycles. The van der Waals surface area contributed by atoms with Gasteiger partial charge in [-0.1, -0.05) is 6.07 Å². The summed E-state index contributed by atoms with van der Waals surface area (Å²) in [6.45, 7) is 1.18. The minimum absolute atomic E-state index is 0.0512. The number of hydrogen-bond donors (Lipinski definition) is 1. The van der Waals surface area contributed by atoms with Gasteiger partial charge >= 0.3 is 0 Å². The Morgan fingerprint density at radius 1 is 1.20 bits per heavy atom. The minimum atomic E-state index is -0.310. The molecular formula is C17H17N7O. The first-order chi connectivity index (χ1) is 12.3. The van der Waals surface area contributed by atoms with Gasteiger partial charge in [0.1, 0.15) is 11.5 Å². The number of aromatic nitrogens is 6. The van der Waals surface area contributed by atoms with Gasteiger partial charge in [-0.25, -0.2) is 4.98 Å². The summed E-state index contributed by atoms with van der Waals surface area (Å²) in [5.74, 6) is 0.982. The maximum absolute atomic E-state index is 12.6. The summed E-state index contributed by atoms with van der Waals surface area (Å²) in [5.41, 5.74) is 1.49. The molecular weight excluding hydrogens is 318 g/mol. The minimum Gasteiger partial charge on any atom is -0.350 e. The molecule has 1 atom stereocenters. The Morgan fingerprint density at radius 2 is 2.16 bits per heavy atom. The molecule has 8 heteroatoms. The topological polar surface area (TPSA) is 98.5 Å². The maximum atomic E-state index is 12.6. The molecule has 0 radical (unpaired) electrons. The fraction of sp³-hybridized carbons (Fsp3) is 0.294. The molecule has 1 unspecified atom stereocenters. The van der Waals surface area contributed by atoms with E-state index in [4.69, 9.17) is 0 Å². The number of fused-ring (bicyclic) bond motifs is 1. The van der Waals surface area contributed by atoms with Gasteiger partial charge in [0.05, 0.1) is 24.4 Å². The molecule has 8 nitrogen and oxygen atoms in total. The summed E-state index contributed by atoms with van der Waals surface area (Å²) in [7, 11) is 0. The standard InChI is InChI=1S/C17H17N7O/c25-17(21-10-12-4-1-2-6-19-12)13-5-3-9-24-15(13)22-23-16(24)14-11-18-7-8-20-14/h1-2,4,6-8,11,13H,3,5,9-10H2,(H,21,25). The lowest BCUT2D eigenvalue weighted by Gasteiger charge is -2.22. The van der Waals surface area contributed by atoms with Gasteiger partial charge in [-0.2, -0.15) is 0 Å². The zero-order chi connectivity index (χ0) is 17.1. The summed E-state index contributed by atoms with van der Waals surface area (Å²) in [6, 6.07) is 5.64. The van der Waals surface area contributed by atoms with E-state index in [1.165, 1.54) is 0 Å². The predicted octanol–water partition coefficient (Wildman–Crippen LogP) is 1.32. The summed E-state index contributed by atoms with van der Waals surface area (Å²) in [4.78, 5) is 25.2. The number of nitrogens with one attached hydrogen (secondary N) is 1. The molecule has 0 bridgehead atoms. The van der Waals surface area contributed by atoms with Gasteiger partial charge in [-0.15, -0.1) is 10.2 Å². The highest BCUT2D eigenvalue weighted by atomic mass is 16.1. The van der Waals surface area contributed by atoms with Crippen molar-refractivity contribution in [1.82, 2.24) is 35.0 Å². The van der Waals surface area contributed by atoms with Crippen molar-refractivity contribution in [2.45, 2.75) is 31.8 Å². The van der Waals surface area contributed by atoms with Crippen LogP contribution in [-0.2, 0) is 17.9 Å². The quantitative estimate of drug-likeness (QED) is 0.772. The molecule has 0 saturated carbocycles. The van der Waals surface area contributed by atoms with Crippen LogP contribution in [0.15, 0.2) is 43.0 Å². The van der Waals surface area contributed by atoms with E-state index in [9.17, 15) is 4.79 Å². The number of rotatable bonds is 4. The van der Waals surface area contributed by atoms with Crippen LogP contribution in [0.1, 0.15) is 30.3 Å². The van der Waals surface area contributed by atoms with Gasteiger partial charge in [-0.3, -0.25) is 14.8 Å². The van der Waals surface area contributed by atoms with Crippen LogP contribution in [0.25, 0.3) is 11.5 Å². The lowest BCUT2D eigenvalue weighted by atomic mass is 9.97. The van der Waals surface area contributed by atoms with Crippen molar-refractivity contribution in [1.29, 1.82) is 0 Å². The highest BCUT2D eigenvalue weighted by Crippen LogP contribution is 2.29. The van der Waals surface area contributed by atoms with Crippen molar-refractivity contribution in [3.8, 4) is 11.5 Å². The lowest BCUT2D eigenvalue weighted by molar-refractivity contribution is -0.123. The second kappa shape index (κ2) is 6.76. The van der Waals surface area contributed by atoms with E-state index < -0.39 is 0 Å². The fourth-order valence-corrected chi connectivity index (χ4v) is 3.03. The molecule has 25 heavy (non-hydrogen) atoms. The lowest BCUT2D eigenvalue weighted by Crippen LogP contribution is -2.33. The smallest absolute Gasteiger partial charge is 0.231 e. The van der Waals surface area contributed by atoms with Crippen molar-refractivity contribution in [2.75, 3.05) is 0 Å². The third-order valence-corrected chi connectivity index (χ3v) is 4.24. The van der Waals surface area contributed by atoms with E-state index in [0.717, 1.165) is 25.1 Å². The highest BCUT2D eigenvalue weighted by molar-refractivity contribution is 5.83. The van der Waals surface area contributed by atoms with E-state index in [2.05, 4.69) is 30.5 Å². The monoisotopic (exact) mass is 335 g/mol. The molecule has 1 amide bonds. The molecule has 126 valence electrons. The Kier molecular flexibility index (Phi) is 4.16. The largest absolute Gasteiger partial charge is 0.350 e. The van der Waals surface area contributed by atoms with Crippen LogP contribution >= 0.6 is 0 Å². The van der Waals surface area contributed by atoms with Gasteiger partial charge in [-0.05, 0) is 25.0 Å². The Bertz CT molecular complexity index is 863. The first kappa shape index (κ1) is 15.4. The van der Waals surface area contributed by atoms with Crippen LogP contribution in [-0.4, -0.2) is 35.6 Å². The summed E-state index contributed by atoms with van der Waals surface area (Å²) in [5, 5.41) is 11.4. The van der Waals surface area contributed by atoms with Crippen molar-refractivity contribution in [3.63, 3.8) is 0 Å². The highest BCUT2D eigenvalue weighted by Gasteiger charge is 2.31. The molecule has 0 saturated heterocycles. The van der Waals surface area contributed by atoms with Crippen LogP contribution in [0.3, 0.4) is 0 Å². The molecule has 0 aromatic carbocycles. The zero-order valence-corrected chi connectivity index (χ0v) is 13.5. The molecule has 4 rings (SSSR count). The Labute approximate surface area is 144 Å². The second-order valence-electron chi connectivity index (χ2n) is 5.86. The third kappa shape index (κ3) is 3.10. The molecule has 0 aliphatic carbocycles. The average Bonchev–Trinajstić information content (AvgIpc) is 3.12. The van der Waals surface area contributed by atoms with Crippen molar-refractivity contribution in [2.24, 2.45) is 0 Å². The van der Waals surface area contributed by atoms with Gasteiger partial charge in [0, 0.05) is 25.1 Å². The van der Waals surface area contributed by atoms with Gasteiger partial charge < -0.3 is 9.88 Å². The number of carbonyl (C=O) groups is 1. The first-order valence-corrected chi connectivity index (χ1v) is 8.20. The van der Waals surface area contributed by atoms with E-state index >= 15 is 0 Å². The molecule has 0 fully saturated rings. The molecule has 4 heterocycles. The summed E-state index contributed by atoms with van der Waals surface area (Å²) < 4.78 is 1.97. The molecule has 1 N–H and O–H groups in total. The number of carbonyl (C=O) groups excluding carboxylic acids is 1. The van der Waals surface area contributed by atoms with Crippen LogP contribution in [0.4, 0.5) is 0 Å². The maximum Gasteiger partial charge on any atom is 0.231 e. The normalized spacial score (nSPS) is 16.2. The number of pyridine rings is 1. The van der Waals surface area contributed by atoms with E-state index in [-0.39, 0.29) is 11.8 Å². The van der Waals surface area contributed by atoms with Crippen LogP contribution in [0.5, 0.6) is 0 Å². The molecule has 1 aliphatic heterocycles. The Balaban J connectivity index is 1.54. The SMILES string of the molecule is O=C(NCc1ccccn1)C1CCCn2c(-c3cnccn3)nnc21. The average molecular weight is 335 g/mol. The second-order valence-corrected chi connectivity index (χ2v) is 5.86. The van der Waals surface area contributed by atoms with Crippen LogP contribution in [0, 0.1) is 0 Å². The van der Waals surface area contributed by atoms with Gasteiger partial charge in [0.15, 0.2) is 5.82 Å². The number of amides is 1. The van der Waals surface area contributed by atoms with E-state index in [0.29, 0.717) is 23.9 Å². The molecule has 0 spiro atoms. The van der Waals surface area contributed by atoms with Crippen molar-refractivity contribution >= 4 is 5.91 Å². The summed E-state index contributed by atoms with van der Waals surface area (Å²) >= 11 is 0. The van der Waals surface area contributed by atoms with E-state index in [1.54, 1.807) is 24.8 Å². The summed E-state index contributed by atoms with van der Waals surface area (Å²) in [6.07, 6.45) is 8.25. The first-order valence-electron chi connectivity index (χ1n) is 8.20. The fourth-order valence-electron chi connectivity index (χ4n) is 3.03. The number of nitrogens with zero attached hydrogens (tertiary/aromatic N) is 6. The van der Waals surface area contributed by atoms with Crippen molar-refractivity contribution in [3.05, 3.63) is 54.5 Å². The predicted molar refractivity (Wildman–Crippen MR) is 89.1 cm³/mol. The molecule has 3 aromatic rings. The van der Waals surface area contributed by atoms with E-state index in [1.807, 2.05) is 22.8 Å². The number of hydrogen-bond acceptors (Lipinski definition) is 6. The van der Waals surface area contributed by atoms with Gasteiger partial charge in [0.25, 0.3) is 0 Å². The molecule has 1 aliphatic rings. The van der Waals surface area contributed by atoms with Crippen LogP contribution in [0.2, 0.25) is 0 Å². The Morgan fingerprint density at radius 3 is 2.96 bits per heavy atom.